The minimum Gasteiger partial charge on any atom is -0.363 e. The molecule has 1 aliphatic rings. The number of hydrogen-bond acceptors (Lipinski definition) is 4. The number of likely N-dealkylation sites (tertiary alicyclic amines) is 1. The number of pyridine rings is 1. The molecule has 4 rings (SSSR count). The highest BCUT2D eigenvalue weighted by molar-refractivity contribution is 5.77. The van der Waals surface area contributed by atoms with Crippen LogP contribution >= 0.6 is 0 Å². The quantitative estimate of drug-likeness (QED) is 0.740. The molecule has 0 amide bonds. The van der Waals surface area contributed by atoms with Crippen LogP contribution < -0.4 is 4.90 Å². The monoisotopic (exact) mass is 321 g/mol. The maximum Gasteiger partial charge on any atom is 0.128 e. The topological polar surface area (TPSA) is 37.2 Å². The van der Waals surface area contributed by atoms with E-state index in [-0.39, 0.29) is 0 Å². The number of benzene rings is 1. The fraction of sp³-hybridized carbons (Fsp3) is 0.368. The number of rotatable bonds is 4. The van der Waals surface area contributed by atoms with Gasteiger partial charge in [-0.3, -0.25) is 9.58 Å². The molecule has 3 heterocycles. The summed E-state index contributed by atoms with van der Waals surface area (Å²) in [6, 6.07) is 15.0. The number of hydrogen-bond donors (Lipinski definition) is 0. The summed E-state index contributed by atoms with van der Waals surface area (Å²) in [5, 5.41) is 5.96. The molecule has 124 valence electrons. The van der Waals surface area contributed by atoms with E-state index >= 15 is 0 Å². The molecule has 0 N–H and O–H groups in total. The molecule has 2 aromatic heterocycles. The van der Waals surface area contributed by atoms with Crippen molar-refractivity contribution >= 4 is 16.7 Å². The van der Waals surface area contributed by atoms with E-state index in [1.807, 2.05) is 31.1 Å². The van der Waals surface area contributed by atoms with Gasteiger partial charge < -0.3 is 4.90 Å². The summed E-state index contributed by atoms with van der Waals surface area (Å²) < 4.78 is 2.15. The molecule has 5 heteroatoms. The number of fused-ring (bicyclic) bond motifs is 1. The first-order valence-corrected chi connectivity index (χ1v) is 8.48. The van der Waals surface area contributed by atoms with Gasteiger partial charge in [-0.05, 0) is 24.6 Å². The minimum atomic E-state index is 0.453. The van der Waals surface area contributed by atoms with Crippen LogP contribution in [0.25, 0.3) is 10.9 Å². The molecule has 1 fully saturated rings. The van der Waals surface area contributed by atoms with E-state index in [1.54, 1.807) is 0 Å². The Hall–Kier alpha value is -2.40. The molecule has 1 saturated heterocycles. The Morgan fingerprint density at radius 3 is 2.83 bits per heavy atom. The lowest BCUT2D eigenvalue weighted by Crippen LogP contribution is -2.22. The Morgan fingerprint density at radius 2 is 2.00 bits per heavy atom. The van der Waals surface area contributed by atoms with Crippen molar-refractivity contribution in [2.75, 3.05) is 32.1 Å². The SMILES string of the molecule is CN(C)c1cccc(CN2CCC(n3cc4ccccc4n3)C2)n1. The van der Waals surface area contributed by atoms with Crippen LogP contribution in [0.15, 0.2) is 48.7 Å². The van der Waals surface area contributed by atoms with E-state index in [9.17, 15) is 0 Å². The summed E-state index contributed by atoms with van der Waals surface area (Å²) in [6.07, 6.45) is 3.32. The predicted molar refractivity (Wildman–Crippen MR) is 97.2 cm³/mol. The van der Waals surface area contributed by atoms with Crippen LogP contribution in [-0.4, -0.2) is 46.8 Å². The van der Waals surface area contributed by atoms with Gasteiger partial charge in [-0.2, -0.15) is 5.10 Å². The summed E-state index contributed by atoms with van der Waals surface area (Å²) >= 11 is 0. The molecule has 0 saturated carbocycles. The second kappa shape index (κ2) is 6.24. The van der Waals surface area contributed by atoms with Gasteiger partial charge in [-0.15, -0.1) is 0 Å². The molecule has 0 bridgehead atoms. The summed E-state index contributed by atoms with van der Waals surface area (Å²) in [7, 11) is 4.06. The molecule has 0 radical (unpaired) electrons. The summed E-state index contributed by atoms with van der Waals surface area (Å²) in [5.74, 6) is 1.02. The van der Waals surface area contributed by atoms with Gasteiger partial charge in [0.2, 0.25) is 0 Å². The van der Waals surface area contributed by atoms with Crippen molar-refractivity contribution < 1.29 is 0 Å². The van der Waals surface area contributed by atoms with Gasteiger partial charge in [0, 0.05) is 45.3 Å². The first kappa shape index (κ1) is 15.1. The molecule has 1 atom stereocenters. The van der Waals surface area contributed by atoms with Crippen molar-refractivity contribution in [2.24, 2.45) is 0 Å². The molecular formula is C19H23N5. The van der Waals surface area contributed by atoms with Crippen LogP contribution in [0.3, 0.4) is 0 Å². The van der Waals surface area contributed by atoms with E-state index < -0.39 is 0 Å². The van der Waals surface area contributed by atoms with E-state index in [4.69, 9.17) is 10.1 Å². The molecule has 0 aliphatic carbocycles. The molecule has 1 aromatic carbocycles. The largest absolute Gasteiger partial charge is 0.363 e. The van der Waals surface area contributed by atoms with Crippen LogP contribution in [0.1, 0.15) is 18.2 Å². The first-order chi connectivity index (χ1) is 11.7. The molecule has 24 heavy (non-hydrogen) atoms. The number of anilines is 1. The third kappa shape index (κ3) is 2.99. The van der Waals surface area contributed by atoms with Gasteiger partial charge in [0.25, 0.3) is 0 Å². The fourth-order valence-electron chi connectivity index (χ4n) is 3.38. The standard InChI is InChI=1S/C19H23N5/c1-22(2)19-9-5-7-16(20-19)13-23-11-10-17(14-23)24-12-15-6-3-4-8-18(15)21-24/h3-9,12,17H,10-11,13-14H2,1-2H3. The first-order valence-electron chi connectivity index (χ1n) is 8.48. The lowest BCUT2D eigenvalue weighted by Gasteiger charge is -2.17. The van der Waals surface area contributed by atoms with Gasteiger partial charge in [0.15, 0.2) is 0 Å². The summed E-state index contributed by atoms with van der Waals surface area (Å²) in [6.45, 7) is 3.02. The highest BCUT2D eigenvalue weighted by Gasteiger charge is 2.25. The average molecular weight is 321 g/mol. The maximum absolute atomic E-state index is 4.74. The molecular weight excluding hydrogens is 298 g/mol. The van der Waals surface area contributed by atoms with E-state index in [1.165, 1.54) is 5.39 Å². The van der Waals surface area contributed by atoms with Crippen molar-refractivity contribution in [1.29, 1.82) is 0 Å². The van der Waals surface area contributed by atoms with Crippen LogP contribution in [0.5, 0.6) is 0 Å². The summed E-state index contributed by atoms with van der Waals surface area (Å²) in [4.78, 5) is 9.25. The number of aromatic nitrogens is 3. The maximum atomic E-state index is 4.74. The van der Waals surface area contributed by atoms with Gasteiger partial charge in [-0.25, -0.2) is 4.98 Å². The predicted octanol–water partition coefficient (Wildman–Crippen LogP) is 2.94. The normalized spacial score (nSPS) is 18.3. The van der Waals surface area contributed by atoms with Crippen molar-refractivity contribution in [2.45, 2.75) is 19.0 Å². The Labute approximate surface area is 142 Å². The second-order valence-corrected chi connectivity index (χ2v) is 6.73. The van der Waals surface area contributed by atoms with E-state index in [0.717, 1.165) is 43.1 Å². The molecule has 1 unspecified atom stereocenters. The van der Waals surface area contributed by atoms with Gasteiger partial charge in [0.05, 0.1) is 17.3 Å². The zero-order chi connectivity index (χ0) is 16.5. The van der Waals surface area contributed by atoms with E-state index in [0.29, 0.717) is 6.04 Å². The zero-order valence-electron chi connectivity index (χ0n) is 14.3. The molecule has 3 aromatic rings. The van der Waals surface area contributed by atoms with Crippen molar-refractivity contribution in [3.63, 3.8) is 0 Å². The Kier molecular flexibility index (Phi) is 3.94. The van der Waals surface area contributed by atoms with Crippen LogP contribution in [-0.2, 0) is 6.54 Å². The third-order valence-corrected chi connectivity index (χ3v) is 4.69. The lowest BCUT2D eigenvalue weighted by molar-refractivity contribution is 0.308. The average Bonchev–Trinajstić information content (AvgIpc) is 3.21. The van der Waals surface area contributed by atoms with Gasteiger partial charge >= 0.3 is 0 Å². The molecule has 5 nitrogen and oxygen atoms in total. The number of nitrogens with zero attached hydrogens (tertiary/aromatic N) is 5. The van der Waals surface area contributed by atoms with Crippen LogP contribution in [0.4, 0.5) is 5.82 Å². The zero-order valence-corrected chi connectivity index (χ0v) is 14.3. The highest BCUT2D eigenvalue weighted by Crippen LogP contribution is 2.24. The third-order valence-electron chi connectivity index (χ3n) is 4.69. The Morgan fingerprint density at radius 1 is 1.12 bits per heavy atom. The van der Waals surface area contributed by atoms with Crippen molar-refractivity contribution in [3.8, 4) is 0 Å². The highest BCUT2D eigenvalue weighted by atomic mass is 15.3. The summed E-state index contributed by atoms with van der Waals surface area (Å²) in [5.41, 5.74) is 2.21. The second-order valence-electron chi connectivity index (χ2n) is 6.73. The smallest absolute Gasteiger partial charge is 0.128 e. The van der Waals surface area contributed by atoms with Gasteiger partial charge in [-0.1, -0.05) is 24.3 Å². The van der Waals surface area contributed by atoms with Crippen molar-refractivity contribution in [3.05, 3.63) is 54.4 Å². The molecule has 0 spiro atoms. The van der Waals surface area contributed by atoms with Crippen molar-refractivity contribution in [1.82, 2.24) is 19.7 Å². The lowest BCUT2D eigenvalue weighted by atomic mass is 10.2. The molecule has 1 aliphatic heterocycles. The van der Waals surface area contributed by atoms with Gasteiger partial charge in [0.1, 0.15) is 5.82 Å². The Balaban J connectivity index is 1.45. The Bertz CT molecular complexity index is 805. The van der Waals surface area contributed by atoms with Crippen LogP contribution in [0, 0.1) is 0 Å². The minimum absolute atomic E-state index is 0.453. The van der Waals surface area contributed by atoms with E-state index in [2.05, 4.69) is 46.1 Å². The fourth-order valence-corrected chi connectivity index (χ4v) is 3.38. The van der Waals surface area contributed by atoms with Crippen LogP contribution in [0.2, 0.25) is 0 Å².